The molecule has 0 amide bonds. The van der Waals surface area contributed by atoms with Gasteiger partial charge in [-0.25, -0.2) is 0 Å². The summed E-state index contributed by atoms with van der Waals surface area (Å²) in [6.07, 6.45) is -2.80. The predicted octanol–water partition coefficient (Wildman–Crippen LogP) is 4.05. The number of alkyl halides is 3. The van der Waals surface area contributed by atoms with Crippen LogP contribution < -0.4 is 5.73 Å². The monoisotopic (exact) mass is 287 g/mol. The molecule has 0 saturated heterocycles. The fourth-order valence-corrected chi connectivity index (χ4v) is 2.52. The van der Waals surface area contributed by atoms with Crippen LogP contribution in [0, 0.1) is 0 Å². The average molecular weight is 287 g/mol. The molecule has 1 heterocycles. The molecule has 0 radical (unpaired) electrons. The lowest BCUT2D eigenvalue weighted by molar-refractivity contribution is -0.138. The van der Waals surface area contributed by atoms with Crippen molar-refractivity contribution >= 4 is 11.8 Å². The van der Waals surface area contributed by atoms with Crippen molar-refractivity contribution in [1.82, 2.24) is 0 Å². The molecule has 102 valence electrons. The Hall–Kier alpha value is -1.40. The predicted molar refractivity (Wildman–Crippen MR) is 67.6 cm³/mol. The van der Waals surface area contributed by atoms with Crippen LogP contribution in [-0.4, -0.2) is 0 Å². The van der Waals surface area contributed by atoms with Gasteiger partial charge in [0.1, 0.15) is 5.76 Å². The summed E-state index contributed by atoms with van der Waals surface area (Å²) in [5, 5.41) is 0. The van der Waals surface area contributed by atoms with Crippen LogP contribution in [-0.2, 0) is 18.5 Å². The SMILES string of the molecule is NCc1cc(SCc2ccco2)ccc1C(F)(F)F. The maximum Gasteiger partial charge on any atom is 0.416 e. The van der Waals surface area contributed by atoms with Gasteiger partial charge in [-0.3, -0.25) is 0 Å². The number of hydrogen-bond acceptors (Lipinski definition) is 3. The lowest BCUT2D eigenvalue weighted by atomic mass is 10.1. The Balaban J connectivity index is 2.15. The molecule has 2 aromatic rings. The lowest BCUT2D eigenvalue weighted by Gasteiger charge is -2.12. The third kappa shape index (κ3) is 3.54. The van der Waals surface area contributed by atoms with E-state index in [1.54, 1.807) is 12.3 Å². The van der Waals surface area contributed by atoms with E-state index in [0.717, 1.165) is 16.7 Å². The van der Waals surface area contributed by atoms with Gasteiger partial charge in [0.15, 0.2) is 0 Å². The zero-order valence-corrected chi connectivity index (χ0v) is 10.7. The lowest BCUT2D eigenvalue weighted by Crippen LogP contribution is -2.11. The van der Waals surface area contributed by atoms with E-state index in [2.05, 4.69) is 0 Å². The molecule has 0 saturated carbocycles. The van der Waals surface area contributed by atoms with E-state index in [1.165, 1.54) is 23.9 Å². The summed E-state index contributed by atoms with van der Waals surface area (Å²) in [6.45, 7) is -0.135. The van der Waals surface area contributed by atoms with Crippen LogP contribution in [0.15, 0.2) is 45.9 Å². The molecular weight excluding hydrogens is 275 g/mol. The second-order valence-corrected chi connectivity index (χ2v) is 4.94. The van der Waals surface area contributed by atoms with Crippen LogP contribution in [0.3, 0.4) is 0 Å². The second kappa shape index (κ2) is 5.71. The first kappa shape index (κ1) is 14.0. The van der Waals surface area contributed by atoms with Gasteiger partial charge in [-0.1, -0.05) is 0 Å². The quantitative estimate of drug-likeness (QED) is 0.862. The highest BCUT2D eigenvalue weighted by atomic mass is 32.2. The second-order valence-electron chi connectivity index (χ2n) is 3.89. The van der Waals surface area contributed by atoms with Crippen molar-refractivity contribution in [2.24, 2.45) is 5.73 Å². The van der Waals surface area contributed by atoms with Crippen LogP contribution in [0.25, 0.3) is 0 Å². The Morgan fingerprint density at radius 1 is 1.21 bits per heavy atom. The number of furan rings is 1. The van der Waals surface area contributed by atoms with Crippen molar-refractivity contribution in [2.45, 2.75) is 23.4 Å². The van der Waals surface area contributed by atoms with Gasteiger partial charge in [-0.2, -0.15) is 13.2 Å². The Bertz CT molecular complexity index is 537. The first-order valence-electron chi connectivity index (χ1n) is 5.56. The third-order valence-electron chi connectivity index (χ3n) is 2.56. The number of benzene rings is 1. The highest BCUT2D eigenvalue weighted by molar-refractivity contribution is 7.98. The fourth-order valence-electron chi connectivity index (χ4n) is 1.65. The molecule has 0 bridgehead atoms. The Labute approximate surface area is 112 Å². The molecule has 1 aromatic carbocycles. The van der Waals surface area contributed by atoms with Crippen LogP contribution in [0.4, 0.5) is 13.2 Å². The Morgan fingerprint density at radius 3 is 2.58 bits per heavy atom. The Kier molecular flexibility index (Phi) is 4.21. The van der Waals surface area contributed by atoms with Gasteiger partial charge in [-0.15, -0.1) is 11.8 Å². The average Bonchev–Trinajstić information content (AvgIpc) is 2.88. The van der Waals surface area contributed by atoms with Crippen molar-refractivity contribution in [2.75, 3.05) is 0 Å². The standard InChI is InChI=1S/C13H12F3NOS/c14-13(15,16)12-4-3-11(6-9(12)7-17)19-8-10-2-1-5-18-10/h1-6H,7-8,17H2. The van der Waals surface area contributed by atoms with Crippen LogP contribution in [0.5, 0.6) is 0 Å². The van der Waals surface area contributed by atoms with Crippen molar-refractivity contribution in [3.63, 3.8) is 0 Å². The van der Waals surface area contributed by atoms with Gasteiger partial charge in [0, 0.05) is 11.4 Å². The van der Waals surface area contributed by atoms with Gasteiger partial charge in [0.05, 0.1) is 17.6 Å². The van der Waals surface area contributed by atoms with Crippen LogP contribution in [0.2, 0.25) is 0 Å². The molecule has 0 aliphatic carbocycles. The summed E-state index contributed by atoms with van der Waals surface area (Å²) in [6, 6.07) is 7.60. The Morgan fingerprint density at radius 2 is 2.00 bits per heavy atom. The minimum absolute atomic E-state index is 0.108. The molecule has 2 nitrogen and oxygen atoms in total. The highest BCUT2D eigenvalue weighted by Gasteiger charge is 2.32. The summed E-state index contributed by atoms with van der Waals surface area (Å²) in [7, 11) is 0. The molecule has 2 rings (SSSR count). The van der Waals surface area contributed by atoms with E-state index >= 15 is 0 Å². The molecule has 19 heavy (non-hydrogen) atoms. The number of nitrogens with two attached hydrogens (primary N) is 1. The molecule has 0 aliphatic rings. The number of hydrogen-bond donors (Lipinski definition) is 1. The first-order chi connectivity index (χ1) is 9.00. The van der Waals surface area contributed by atoms with E-state index in [4.69, 9.17) is 10.2 Å². The summed E-state index contributed by atoms with van der Waals surface area (Å²) in [5.41, 5.74) is 4.82. The molecular formula is C13H12F3NOS. The van der Waals surface area contributed by atoms with Gasteiger partial charge in [0.25, 0.3) is 0 Å². The minimum atomic E-state index is -4.36. The fraction of sp³-hybridized carbons (Fsp3) is 0.231. The van der Waals surface area contributed by atoms with Crippen LogP contribution >= 0.6 is 11.8 Å². The van der Waals surface area contributed by atoms with Crippen molar-refractivity contribution in [1.29, 1.82) is 0 Å². The smallest absolute Gasteiger partial charge is 0.416 e. The summed E-state index contributed by atoms with van der Waals surface area (Å²) in [5.74, 6) is 1.35. The van der Waals surface area contributed by atoms with E-state index in [9.17, 15) is 13.2 Å². The number of thioether (sulfide) groups is 1. The molecule has 2 N–H and O–H groups in total. The molecule has 0 atom stereocenters. The topological polar surface area (TPSA) is 39.2 Å². The van der Waals surface area contributed by atoms with Crippen molar-refractivity contribution in [3.8, 4) is 0 Å². The van der Waals surface area contributed by atoms with Crippen LogP contribution in [0.1, 0.15) is 16.9 Å². The van der Waals surface area contributed by atoms with Crippen molar-refractivity contribution < 1.29 is 17.6 Å². The minimum Gasteiger partial charge on any atom is -0.468 e. The van der Waals surface area contributed by atoms with E-state index in [1.807, 2.05) is 6.07 Å². The maximum absolute atomic E-state index is 12.7. The zero-order valence-electron chi connectivity index (χ0n) is 9.91. The van der Waals surface area contributed by atoms with Crippen molar-refractivity contribution in [3.05, 3.63) is 53.5 Å². The molecule has 1 aromatic heterocycles. The molecule has 0 unspecified atom stereocenters. The van der Waals surface area contributed by atoms with Gasteiger partial charge >= 0.3 is 6.18 Å². The largest absolute Gasteiger partial charge is 0.468 e. The van der Waals surface area contributed by atoms with Gasteiger partial charge < -0.3 is 10.2 Å². The normalized spacial score (nSPS) is 11.8. The highest BCUT2D eigenvalue weighted by Crippen LogP contribution is 2.34. The summed E-state index contributed by atoms with van der Waals surface area (Å²) in [4.78, 5) is 0.741. The zero-order chi connectivity index (χ0) is 13.9. The summed E-state index contributed by atoms with van der Waals surface area (Å²) >= 11 is 1.41. The molecule has 0 aliphatic heterocycles. The first-order valence-corrected chi connectivity index (χ1v) is 6.54. The van der Waals surface area contributed by atoms with Gasteiger partial charge in [0.2, 0.25) is 0 Å². The molecule has 0 fully saturated rings. The molecule has 6 heteroatoms. The van der Waals surface area contributed by atoms with Gasteiger partial charge in [-0.05, 0) is 35.9 Å². The summed E-state index contributed by atoms with van der Waals surface area (Å²) < 4.78 is 43.3. The number of rotatable bonds is 4. The third-order valence-corrected chi connectivity index (χ3v) is 3.58. The number of halogens is 3. The molecule has 0 spiro atoms. The van der Waals surface area contributed by atoms with E-state index < -0.39 is 11.7 Å². The van der Waals surface area contributed by atoms with E-state index in [-0.39, 0.29) is 12.1 Å². The maximum atomic E-state index is 12.7. The van der Waals surface area contributed by atoms with E-state index in [0.29, 0.717) is 5.75 Å².